The zero-order chi connectivity index (χ0) is 19.2. The number of carbonyl (C=O) groups excluding carboxylic acids is 2. The Kier molecular flexibility index (Phi) is 31.0. The van der Waals surface area contributed by atoms with Crippen LogP contribution in [-0.4, -0.2) is 35.0 Å². The summed E-state index contributed by atoms with van der Waals surface area (Å²) in [5, 5.41) is 19.4. The first kappa shape index (κ1) is 30.2. The van der Waals surface area contributed by atoms with Crippen LogP contribution >= 0.6 is 0 Å². The molecule has 5 heteroatoms. The smallest absolute Gasteiger partial charge is 0.550 e. The molecule has 0 bridgehead atoms. The molecule has 0 heterocycles. The predicted octanol–water partition coefficient (Wildman–Crippen LogP) is 3.54. The average molecular weight is 379 g/mol. The molecule has 0 aliphatic carbocycles. The Morgan fingerprint density at radius 2 is 0.962 bits per heavy atom. The van der Waals surface area contributed by atoms with Crippen LogP contribution < -0.4 is 10.2 Å². The molecule has 0 aliphatic rings. The number of aliphatic carboxylic acids is 2. The molecule has 0 spiro atoms. The van der Waals surface area contributed by atoms with E-state index in [-0.39, 0.29) is 29.5 Å². The Bertz CT molecular complexity index is 319. The van der Waals surface area contributed by atoms with Crippen molar-refractivity contribution in [1.29, 1.82) is 0 Å². The van der Waals surface area contributed by atoms with E-state index in [9.17, 15) is 9.90 Å². The molecule has 0 saturated carbocycles. The third kappa shape index (κ3) is 34.7. The molecule has 0 aromatic heterocycles. The van der Waals surface area contributed by atoms with Crippen molar-refractivity contribution in [2.45, 2.75) is 110 Å². The summed E-state index contributed by atoms with van der Waals surface area (Å²) in [4.78, 5) is 19.4. The van der Waals surface area contributed by atoms with Crippen molar-refractivity contribution >= 4 is 35.0 Å². The molecule has 4 nitrogen and oxygen atoms in total. The molecule has 0 radical (unpaired) electrons. The van der Waals surface area contributed by atoms with Gasteiger partial charge < -0.3 is 19.8 Å². The van der Waals surface area contributed by atoms with E-state index in [4.69, 9.17) is 9.90 Å². The van der Waals surface area contributed by atoms with Crippen LogP contribution in [0.1, 0.15) is 110 Å². The van der Waals surface area contributed by atoms with Gasteiger partial charge >= 0.3 is 23.1 Å². The van der Waals surface area contributed by atoms with Crippen molar-refractivity contribution in [3.63, 3.8) is 0 Å². The number of unbranched alkanes of at least 4 members (excludes halogenated alkanes) is 14. The van der Waals surface area contributed by atoms with Crippen LogP contribution in [0.4, 0.5) is 0 Å². The first-order valence-corrected chi connectivity index (χ1v) is 10.1. The molecule has 0 N–H and O–H groups in total. The maximum atomic E-state index is 10.2. The van der Waals surface area contributed by atoms with Gasteiger partial charge in [-0.3, -0.25) is 0 Å². The maximum absolute atomic E-state index is 10.2. The van der Waals surface area contributed by atoms with Crippen LogP contribution in [0.5, 0.6) is 0 Å². The summed E-state index contributed by atoms with van der Waals surface area (Å²) >= 11 is 0. The molecule has 0 aliphatic heterocycles. The van der Waals surface area contributed by atoms with Gasteiger partial charge in [-0.05, 0) is 18.9 Å². The van der Waals surface area contributed by atoms with Gasteiger partial charge in [0.05, 0.1) is 5.97 Å². The number of carboxylic acids is 2. The van der Waals surface area contributed by atoms with Gasteiger partial charge in [0.25, 0.3) is 0 Å². The number of hydrogen-bond acceptors (Lipinski definition) is 4. The largest absolute Gasteiger partial charge is 2.00 e. The van der Waals surface area contributed by atoms with E-state index < -0.39 is 11.9 Å². The van der Waals surface area contributed by atoms with Gasteiger partial charge in [0.2, 0.25) is 0 Å². The standard InChI is InChI=1S/C18H36O2.C3H4O2.Mg/c1-2-3-4-5-6-7-8-9-10-11-12-13-14-15-16-17-18(19)20;1-2-3(4)5;/h2-17H2,1H3,(H,19,20);2H,1H2,(H,4,5);/q;;+2/p-2. The van der Waals surface area contributed by atoms with E-state index in [0.717, 1.165) is 18.9 Å². The Hall–Kier alpha value is -0.554. The summed E-state index contributed by atoms with van der Waals surface area (Å²) in [6.45, 7) is 5.17. The second-order valence-electron chi connectivity index (χ2n) is 6.59. The maximum Gasteiger partial charge on any atom is 2.00 e. The minimum Gasteiger partial charge on any atom is -0.550 e. The quantitative estimate of drug-likeness (QED) is 0.220. The van der Waals surface area contributed by atoms with Crippen molar-refractivity contribution in [1.82, 2.24) is 0 Å². The van der Waals surface area contributed by atoms with Gasteiger partial charge in [-0.15, -0.1) is 0 Å². The fourth-order valence-electron chi connectivity index (χ4n) is 2.64. The minimum absolute atomic E-state index is 0. The van der Waals surface area contributed by atoms with E-state index >= 15 is 0 Å². The number of carbonyl (C=O) groups is 2. The summed E-state index contributed by atoms with van der Waals surface area (Å²) in [6, 6.07) is 0. The number of hydrogen-bond donors (Lipinski definition) is 0. The van der Waals surface area contributed by atoms with Gasteiger partial charge in [0.15, 0.2) is 0 Å². The molecule has 0 aromatic carbocycles. The monoisotopic (exact) mass is 378 g/mol. The topological polar surface area (TPSA) is 80.3 Å². The fraction of sp³-hybridized carbons (Fsp3) is 0.810. The first-order chi connectivity index (χ1) is 12.0. The third-order valence-corrected chi connectivity index (χ3v) is 4.15. The van der Waals surface area contributed by atoms with Crippen LogP contribution in [0.2, 0.25) is 0 Å². The molecule has 0 aromatic rings. The fourth-order valence-corrected chi connectivity index (χ4v) is 2.64. The second-order valence-corrected chi connectivity index (χ2v) is 6.59. The van der Waals surface area contributed by atoms with E-state index in [1.54, 1.807) is 0 Å². The van der Waals surface area contributed by atoms with E-state index in [0.29, 0.717) is 0 Å². The first-order valence-electron chi connectivity index (χ1n) is 10.1. The zero-order valence-corrected chi connectivity index (χ0v) is 18.4. The Labute approximate surface area is 177 Å². The minimum atomic E-state index is -1.23. The van der Waals surface area contributed by atoms with E-state index in [1.165, 1.54) is 83.5 Å². The van der Waals surface area contributed by atoms with Gasteiger partial charge in [0, 0.05) is 5.97 Å². The van der Waals surface area contributed by atoms with E-state index in [2.05, 4.69) is 13.5 Å². The summed E-state index contributed by atoms with van der Waals surface area (Å²) in [5.41, 5.74) is 0. The molecule has 0 amide bonds. The van der Waals surface area contributed by atoms with Crippen LogP contribution in [0.25, 0.3) is 0 Å². The molecule has 0 rings (SSSR count). The third-order valence-electron chi connectivity index (χ3n) is 4.15. The van der Waals surface area contributed by atoms with Gasteiger partial charge in [-0.1, -0.05) is 103 Å². The molecule has 0 unspecified atom stereocenters. The predicted molar refractivity (Wildman–Crippen MR) is 106 cm³/mol. The molecule has 0 fully saturated rings. The SMILES string of the molecule is C=CC(=O)[O-].CCCCCCCCCCCCCCCCCC(=O)[O-].[Mg+2]. The number of carboxylic acid groups (broad SMARTS) is 2. The summed E-state index contributed by atoms with van der Waals surface area (Å²) < 4.78 is 0. The summed E-state index contributed by atoms with van der Waals surface area (Å²) in [6.07, 6.45) is 20.6. The van der Waals surface area contributed by atoms with Crippen molar-refractivity contribution in [2.24, 2.45) is 0 Å². The van der Waals surface area contributed by atoms with Crippen LogP contribution in [0.15, 0.2) is 12.7 Å². The molecule has 26 heavy (non-hydrogen) atoms. The summed E-state index contributed by atoms with van der Waals surface area (Å²) in [7, 11) is 0. The van der Waals surface area contributed by atoms with E-state index in [1.807, 2.05) is 0 Å². The van der Waals surface area contributed by atoms with Gasteiger partial charge in [-0.25, -0.2) is 0 Å². The van der Waals surface area contributed by atoms with Crippen LogP contribution in [0, 0.1) is 0 Å². The molecular weight excluding hydrogens is 341 g/mol. The van der Waals surface area contributed by atoms with Crippen molar-refractivity contribution in [3.05, 3.63) is 12.7 Å². The van der Waals surface area contributed by atoms with Crippen LogP contribution in [-0.2, 0) is 9.59 Å². The zero-order valence-electron chi connectivity index (χ0n) is 16.9. The van der Waals surface area contributed by atoms with Gasteiger partial charge in [-0.2, -0.15) is 0 Å². The Morgan fingerprint density at radius 3 is 1.19 bits per heavy atom. The number of rotatable bonds is 17. The Balaban J connectivity index is -0.000000772. The van der Waals surface area contributed by atoms with Crippen molar-refractivity contribution in [2.75, 3.05) is 0 Å². The second kappa shape index (κ2) is 26.7. The Morgan fingerprint density at radius 1 is 0.692 bits per heavy atom. The summed E-state index contributed by atoms with van der Waals surface area (Å²) in [5.74, 6) is -2.13. The average Bonchev–Trinajstić information content (AvgIpc) is 2.58. The molecular formula is C21H38MgO4. The normalized spacial score (nSPS) is 9.58. The van der Waals surface area contributed by atoms with Crippen molar-refractivity contribution < 1.29 is 19.8 Å². The van der Waals surface area contributed by atoms with Crippen molar-refractivity contribution in [3.8, 4) is 0 Å². The molecule has 0 atom stereocenters. The van der Waals surface area contributed by atoms with Crippen LogP contribution in [0.3, 0.4) is 0 Å². The van der Waals surface area contributed by atoms with Gasteiger partial charge in [0.1, 0.15) is 0 Å². The molecule has 0 saturated heterocycles. The molecule has 148 valence electrons.